The molecule has 18 heavy (non-hydrogen) atoms. The summed E-state index contributed by atoms with van der Waals surface area (Å²) in [6, 6.07) is 5.75. The third-order valence-electron chi connectivity index (χ3n) is 2.62. The zero-order chi connectivity index (χ0) is 13.1. The van der Waals surface area contributed by atoms with Gasteiger partial charge >= 0.3 is 0 Å². The predicted octanol–water partition coefficient (Wildman–Crippen LogP) is 2.63. The Morgan fingerprint density at radius 1 is 1.22 bits per heavy atom. The Bertz CT molecular complexity index is 551. The van der Waals surface area contributed by atoms with E-state index in [1.807, 2.05) is 25.1 Å². The molecule has 0 spiro atoms. The predicted molar refractivity (Wildman–Crippen MR) is 71.3 cm³/mol. The highest BCUT2D eigenvalue weighted by atomic mass is 32.1. The monoisotopic (exact) mass is 265 g/mol. The summed E-state index contributed by atoms with van der Waals surface area (Å²) in [5, 5.41) is 9.83. The van der Waals surface area contributed by atoms with Gasteiger partial charge in [-0.3, -0.25) is 0 Å². The summed E-state index contributed by atoms with van der Waals surface area (Å²) in [4.78, 5) is 5.34. The summed E-state index contributed by atoms with van der Waals surface area (Å²) in [5.74, 6) is 1.39. The lowest BCUT2D eigenvalue weighted by atomic mass is 10.1. The number of thiazole rings is 1. The fraction of sp³-hybridized carbons (Fsp3) is 0.308. The first-order chi connectivity index (χ1) is 8.69. The molecule has 1 aromatic heterocycles. The van der Waals surface area contributed by atoms with Crippen molar-refractivity contribution in [1.82, 2.24) is 4.98 Å². The molecular weight excluding hydrogens is 250 g/mol. The average Bonchev–Trinajstić information content (AvgIpc) is 2.79. The van der Waals surface area contributed by atoms with Gasteiger partial charge in [0.05, 0.1) is 31.4 Å². The number of aryl methyl sites for hydroxylation is 1. The first-order valence-electron chi connectivity index (χ1n) is 5.49. The van der Waals surface area contributed by atoms with Crippen LogP contribution in [0.4, 0.5) is 0 Å². The Morgan fingerprint density at radius 3 is 2.50 bits per heavy atom. The molecule has 4 nitrogen and oxygen atoms in total. The summed E-state index contributed by atoms with van der Waals surface area (Å²) in [6.45, 7) is 1.90. The van der Waals surface area contributed by atoms with Gasteiger partial charge in [-0.1, -0.05) is 0 Å². The van der Waals surface area contributed by atoms with E-state index in [0.29, 0.717) is 11.5 Å². The van der Waals surface area contributed by atoms with E-state index < -0.39 is 0 Å². The van der Waals surface area contributed by atoms with Crippen molar-refractivity contribution in [3.05, 3.63) is 28.9 Å². The van der Waals surface area contributed by atoms with Crippen LogP contribution in [0.15, 0.2) is 18.2 Å². The van der Waals surface area contributed by atoms with Crippen LogP contribution in [0.5, 0.6) is 11.5 Å². The van der Waals surface area contributed by atoms with E-state index in [9.17, 15) is 0 Å². The normalized spacial score (nSPS) is 10.4. The van der Waals surface area contributed by atoms with Gasteiger partial charge in [0.1, 0.15) is 5.01 Å². The van der Waals surface area contributed by atoms with Crippen LogP contribution in [0.2, 0.25) is 0 Å². The Labute approximate surface area is 110 Å². The molecule has 0 radical (unpaired) electrons. The highest BCUT2D eigenvalue weighted by Crippen LogP contribution is 2.36. The summed E-state index contributed by atoms with van der Waals surface area (Å²) < 4.78 is 10.5. The molecule has 0 aliphatic rings. The molecular formula is C13H15NO3S. The molecule has 0 bridgehead atoms. The minimum Gasteiger partial charge on any atom is -0.493 e. The molecule has 5 heteroatoms. The van der Waals surface area contributed by atoms with Crippen molar-refractivity contribution in [3.63, 3.8) is 0 Å². The average molecular weight is 265 g/mol. The molecule has 0 amide bonds. The molecule has 0 aliphatic heterocycles. The standard InChI is InChI=1S/C13H15NO3S/c1-8-13(18-12(7-15)14-8)9-4-5-10(16-2)11(6-9)17-3/h4-6,15H,7H2,1-3H3. The van der Waals surface area contributed by atoms with E-state index in [-0.39, 0.29) is 6.61 Å². The Balaban J connectivity index is 2.47. The van der Waals surface area contributed by atoms with Crippen molar-refractivity contribution in [2.45, 2.75) is 13.5 Å². The molecule has 0 aliphatic carbocycles. The number of rotatable bonds is 4. The van der Waals surface area contributed by atoms with Gasteiger partial charge in [0.15, 0.2) is 11.5 Å². The summed E-state index contributed by atoms with van der Waals surface area (Å²) in [7, 11) is 3.22. The second-order valence-electron chi connectivity index (χ2n) is 3.75. The number of ether oxygens (including phenoxy) is 2. The lowest BCUT2D eigenvalue weighted by Crippen LogP contribution is -1.90. The summed E-state index contributed by atoms with van der Waals surface area (Å²) >= 11 is 1.49. The molecule has 0 unspecified atom stereocenters. The smallest absolute Gasteiger partial charge is 0.161 e. The second kappa shape index (κ2) is 5.37. The van der Waals surface area contributed by atoms with Crippen molar-refractivity contribution >= 4 is 11.3 Å². The third kappa shape index (κ3) is 2.32. The number of methoxy groups -OCH3 is 2. The number of aliphatic hydroxyl groups excluding tert-OH is 1. The Kier molecular flexibility index (Phi) is 3.84. The minimum absolute atomic E-state index is 0.0290. The minimum atomic E-state index is -0.0290. The topological polar surface area (TPSA) is 51.6 Å². The van der Waals surface area contributed by atoms with Gasteiger partial charge in [0, 0.05) is 0 Å². The van der Waals surface area contributed by atoms with Gasteiger partial charge < -0.3 is 14.6 Å². The first-order valence-corrected chi connectivity index (χ1v) is 6.30. The number of benzene rings is 1. The van der Waals surface area contributed by atoms with Crippen LogP contribution >= 0.6 is 11.3 Å². The lowest BCUT2D eigenvalue weighted by Gasteiger charge is -2.08. The van der Waals surface area contributed by atoms with Gasteiger partial charge in [-0.25, -0.2) is 4.98 Å². The first kappa shape index (κ1) is 12.9. The van der Waals surface area contributed by atoms with Gasteiger partial charge in [-0.2, -0.15) is 0 Å². The highest BCUT2D eigenvalue weighted by Gasteiger charge is 2.12. The van der Waals surface area contributed by atoms with Crippen molar-refractivity contribution in [2.75, 3.05) is 14.2 Å². The second-order valence-corrected chi connectivity index (χ2v) is 4.83. The van der Waals surface area contributed by atoms with Crippen LogP contribution in [0.1, 0.15) is 10.7 Å². The van der Waals surface area contributed by atoms with E-state index in [0.717, 1.165) is 21.1 Å². The number of aliphatic hydroxyl groups is 1. The maximum absolute atomic E-state index is 9.11. The van der Waals surface area contributed by atoms with E-state index >= 15 is 0 Å². The molecule has 0 saturated carbocycles. The zero-order valence-corrected chi connectivity index (χ0v) is 11.4. The van der Waals surface area contributed by atoms with Crippen LogP contribution in [0.25, 0.3) is 10.4 Å². The summed E-state index contributed by atoms with van der Waals surface area (Å²) in [5.41, 5.74) is 1.93. The van der Waals surface area contributed by atoms with Gasteiger partial charge in [0.25, 0.3) is 0 Å². The maximum atomic E-state index is 9.11. The molecule has 96 valence electrons. The van der Waals surface area contributed by atoms with Crippen molar-refractivity contribution in [2.24, 2.45) is 0 Å². The zero-order valence-electron chi connectivity index (χ0n) is 10.6. The molecule has 0 saturated heterocycles. The lowest BCUT2D eigenvalue weighted by molar-refractivity contribution is 0.281. The number of aromatic nitrogens is 1. The highest BCUT2D eigenvalue weighted by molar-refractivity contribution is 7.15. The Hall–Kier alpha value is -1.59. The van der Waals surface area contributed by atoms with Gasteiger partial charge in [-0.15, -0.1) is 11.3 Å². The third-order valence-corrected chi connectivity index (χ3v) is 3.81. The SMILES string of the molecule is COc1ccc(-c2sc(CO)nc2C)cc1OC. The van der Waals surface area contributed by atoms with Crippen LogP contribution in [-0.2, 0) is 6.61 Å². The van der Waals surface area contributed by atoms with Gasteiger partial charge in [0.2, 0.25) is 0 Å². The molecule has 2 aromatic rings. The molecule has 2 rings (SSSR count). The largest absolute Gasteiger partial charge is 0.493 e. The fourth-order valence-corrected chi connectivity index (χ4v) is 2.69. The fourth-order valence-electron chi connectivity index (χ4n) is 1.77. The van der Waals surface area contributed by atoms with Crippen LogP contribution in [-0.4, -0.2) is 24.3 Å². The van der Waals surface area contributed by atoms with Crippen molar-refractivity contribution < 1.29 is 14.6 Å². The number of hydrogen-bond acceptors (Lipinski definition) is 5. The van der Waals surface area contributed by atoms with E-state index in [2.05, 4.69) is 4.98 Å². The molecule has 1 heterocycles. The summed E-state index contributed by atoms with van der Waals surface area (Å²) in [6.07, 6.45) is 0. The van der Waals surface area contributed by atoms with Crippen molar-refractivity contribution in [1.29, 1.82) is 0 Å². The van der Waals surface area contributed by atoms with E-state index in [4.69, 9.17) is 14.6 Å². The molecule has 0 fully saturated rings. The number of nitrogens with zero attached hydrogens (tertiary/aromatic N) is 1. The van der Waals surface area contributed by atoms with Gasteiger partial charge in [-0.05, 0) is 30.7 Å². The van der Waals surface area contributed by atoms with Crippen LogP contribution in [0, 0.1) is 6.92 Å². The van der Waals surface area contributed by atoms with E-state index in [1.165, 1.54) is 11.3 Å². The molecule has 1 N–H and O–H groups in total. The molecule has 1 aromatic carbocycles. The van der Waals surface area contributed by atoms with E-state index in [1.54, 1.807) is 14.2 Å². The van der Waals surface area contributed by atoms with Crippen molar-refractivity contribution in [3.8, 4) is 21.9 Å². The van der Waals surface area contributed by atoms with Crippen LogP contribution < -0.4 is 9.47 Å². The quantitative estimate of drug-likeness (QED) is 0.923. The Morgan fingerprint density at radius 2 is 1.94 bits per heavy atom. The maximum Gasteiger partial charge on any atom is 0.161 e. The number of hydrogen-bond donors (Lipinski definition) is 1. The van der Waals surface area contributed by atoms with Crippen LogP contribution in [0.3, 0.4) is 0 Å². The molecule has 0 atom stereocenters.